The molecule has 0 aliphatic carbocycles. The van der Waals surface area contributed by atoms with Crippen LogP contribution in [0.5, 0.6) is 0 Å². The molecule has 0 aliphatic heterocycles. The molecule has 0 aromatic carbocycles. The summed E-state index contributed by atoms with van der Waals surface area (Å²) < 4.78 is 0. The van der Waals surface area contributed by atoms with Crippen LogP contribution in [0.25, 0.3) is 0 Å². The maximum absolute atomic E-state index is 10.0. The predicted octanol–water partition coefficient (Wildman–Crippen LogP) is 5.19. The second kappa shape index (κ2) is 24.9. The smallest absolute Gasteiger partial charge is 0.303 e. The average Bonchev–Trinajstić information content (AvgIpc) is 2.38. The van der Waals surface area contributed by atoms with Crippen molar-refractivity contribution in [3.05, 3.63) is 0 Å². The Labute approximate surface area is 135 Å². The molecule has 0 radical (unpaired) electrons. The largest absolute Gasteiger partial charge is 0.481 e. The standard InChI is InChI=1S/2C8H16O2.2H3N/c2*1-2-3-4-5-6-7-8(9)10;;/h2*2-7H2,1H3,(H,9,10);2*1H3. The first kappa shape index (κ1) is 28.9. The summed E-state index contributed by atoms with van der Waals surface area (Å²) >= 11 is 0. The van der Waals surface area contributed by atoms with E-state index in [1.165, 1.54) is 38.5 Å². The van der Waals surface area contributed by atoms with Gasteiger partial charge in [-0.2, -0.15) is 0 Å². The summed E-state index contributed by atoms with van der Waals surface area (Å²) in [6, 6.07) is 0. The van der Waals surface area contributed by atoms with E-state index in [0.29, 0.717) is 12.8 Å². The average molecular weight is 322 g/mol. The summed E-state index contributed by atoms with van der Waals surface area (Å²) in [4.78, 5) is 20.1. The summed E-state index contributed by atoms with van der Waals surface area (Å²) in [5.41, 5.74) is 0. The lowest BCUT2D eigenvalue weighted by Crippen LogP contribution is -1.93. The Bertz CT molecular complexity index is 212. The summed E-state index contributed by atoms with van der Waals surface area (Å²) in [5, 5.41) is 16.5. The SMILES string of the molecule is CCCCCCCC(=O)O.CCCCCCCC(=O)O.N.N. The summed E-state index contributed by atoms with van der Waals surface area (Å²) in [7, 11) is 0. The number of aliphatic carboxylic acids is 2. The zero-order chi connectivity index (χ0) is 15.6. The molecule has 0 aromatic heterocycles. The van der Waals surface area contributed by atoms with Gasteiger partial charge in [-0.3, -0.25) is 9.59 Å². The molecule has 0 rings (SSSR count). The number of carboxylic acid groups (broad SMARTS) is 2. The minimum absolute atomic E-state index is 0. The first-order chi connectivity index (χ1) is 9.54. The minimum Gasteiger partial charge on any atom is -0.481 e. The van der Waals surface area contributed by atoms with E-state index in [9.17, 15) is 9.59 Å². The van der Waals surface area contributed by atoms with Crippen molar-refractivity contribution in [1.29, 1.82) is 0 Å². The number of rotatable bonds is 12. The Morgan fingerprint density at radius 2 is 0.864 bits per heavy atom. The van der Waals surface area contributed by atoms with Gasteiger partial charge in [-0.15, -0.1) is 0 Å². The molecule has 0 aromatic rings. The van der Waals surface area contributed by atoms with Gasteiger partial charge in [-0.25, -0.2) is 0 Å². The second-order valence-electron chi connectivity index (χ2n) is 5.12. The third-order valence-corrected chi connectivity index (χ3v) is 2.99. The molecule has 6 heteroatoms. The Kier molecular flexibility index (Phi) is 32.7. The molecule has 0 spiro atoms. The third kappa shape index (κ3) is 36.4. The lowest BCUT2D eigenvalue weighted by molar-refractivity contribution is -0.138. The quantitative estimate of drug-likeness (QED) is 0.364. The molecule has 8 N–H and O–H groups in total. The first-order valence-electron chi connectivity index (χ1n) is 7.98. The van der Waals surface area contributed by atoms with E-state index in [-0.39, 0.29) is 12.3 Å². The van der Waals surface area contributed by atoms with E-state index in [1.807, 2.05) is 0 Å². The van der Waals surface area contributed by atoms with Crippen LogP contribution in [0.2, 0.25) is 0 Å². The van der Waals surface area contributed by atoms with Crippen molar-refractivity contribution in [2.45, 2.75) is 90.9 Å². The van der Waals surface area contributed by atoms with Crippen molar-refractivity contribution in [3.8, 4) is 0 Å². The maximum atomic E-state index is 10.0. The monoisotopic (exact) mass is 322 g/mol. The van der Waals surface area contributed by atoms with E-state index < -0.39 is 11.9 Å². The van der Waals surface area contributed by atoms with Crippen molar-refractivity contribution in [2.24, 2.45) is 0 Å². The van der Waals surface area contributed by atoms with Crippen LogP contribution < -0.4 is 12.3 Å². The lowest BCUT2D eigenvalue weighted by Gasteiger charge is -1.95. The molecular weight excluding hydrogens is 284 g/mol. The Morgan fingerprint density at radius 1 is 0.591 bits per heavy atom. The molecular formula is C16H38N2O4. The summed E-state index contributed by atoms with van der Waals surface area (Å²) in [5.74, 6) is -1.34. The fourth-order valence-corrected chi connectivity index (χ4v) is 1.76. The molecule has 0 fully saturated rings. The number of carbonyl (C=O) groups is 2. The third-order valence-electron chi connectivity index (χ3n) is 2.99. The van der Waals surface area contributed by atoms with E-state index in [0.717, 1.165) is 25.7 Å². The molecule has 0 saturated heterocycles. The van der Waals surface area contributed by atoms with E-state index >= 15 is 0 Å². The molecule has 136 valence electrons. The molecule has 0 atom stereocenters. The Hall–Kier alpha value is -1.14. The van der Waals surface area contributed by atoms with Gasteiger partial charge < -0.3 is 22.5 Å². The van der Waals surface area contributed by atoms with Gasteiger partial charge in [0.2, 0.25) is 0 Å². The van der Waals surface area contributed by atoms with Gasteiger partial charge in [0, 0.05) is 12.8 Å². The van der Waals surface area contributed by atoms with Crippen LogP contribution in [-0.4, -0.2) is 22.2 Å². The van der Waals surface area contributed by atoms with Gasteiger partial charge in [-0.1, -0.05) is 65.2 Å². The highest BCUT2D eigenvalue weighted by atomic mass is 16.4. The highest BCUT2D eigenvalue weighted by Gasteiger charge is 1.95. The molecule has 0 heterocycles. The molecule has 0 aliphatic rings. The topological polar surface area (TPSA) is 145 Å². The van der Waals surface area contributed by atoms with Gasteiger partial charge in [0.1, 0.15) is 0 Å². The summed E-state index contributed by atoms with van der Waals surface area (Å²) in [6.07, 6.45) is 11.8. The first-order valence-corrected chi connectivity index (χ1v) is 7.98. The number of unbranched alkanes of at least 4 members (excludes halogenated alkanes) is 8. The van der Waals surface area contributed by atoms with Crippen molar-refractivity contribution < 1.29 is 19.8 Å². The van der Waals surface area contributed by atoms with Crippen molar-refractivity contribution in [1.82, 2.24) is 12.3 Å². The molecule has 0 saturated carbocycles. The molecule has 0 bridgehead atoms. The number of hydrogen-bond acceptors (Lipinski definition) is 4. The number of hydrogen-bond donors (Lipinski definition) is 4. The van der Waals surface area contributed by atoms with Gasteiger partial charge in [0.15, 0.2) is 0 Å². The minimum atomic E-state index is -0.670. The van der Waals surface area contributed by atoms with Crippen molar-refractivity contribution in [3.63, 3.8) is 0 Å². The van der Waals surface area contributed by atoms with Crippen LogP contribution in [0.1, 0.15) is 90.9 Å². The maximum Gasteiger partial charge on any atom is 0.303 e. The van der Waals surface area contributed by atoms with Gasteiger partial charge >= 0.3 is 11.9 Å². The van der Waals surface area contributed by atoms with Crippen molar-refractivity contribution in [2.75, 3.05) is 0 Å². The fraction of sp³-hybridized carbons (Fsp3) is 0.875. The van der Waals surface area contributed by atoms with Gasteiger partial charge in [-0.05, 0) is 12.8 Å². The Morgan fingerprint density at radius 3 is 1.09 bits per heavy atom. The van der Waals surface area contributed by atoms with Gasteiger partial charge in [0.25, 0.3) is 0 Å². The van der Waals surface area contributed by atoms with Crippen LogP contribution in [0.3, 0.4) is 0 Å². The highest BCUT2D eigenvalue weighted by molar-refractivity contribution is 5.66. The normalized spacial score (nSPS) is 8.82. The van der Waals surface area contributed by atoms with Gasteiger partial charge in [0.05, 0.1) is 0 Å². The van der Waals surface area contributed by atoms with Crippen LogP contribution >= 0.6 is 0 Å². The zero-order valence-electron chi connectivity index (χ0n) is 14.6. The highest BCUT2D eigenvalue weighted by Crippen LogP contribution is 2.04. The molecule has 22 heavy (non-hydrogen) atoms. The molecule has 0 unspecified atom stereocenters. The van der Waals surface area contributed by atoms with E-state index in [2.05, 4.69) is 13.8 Å². The van der Waals surface area contributed by atoms with Crippen molar-refractivity contribution >= 4 is 11.9 Å². The van der Waals surface area contributed by atoms with Crippen LogP contribution in [-0.2, 0) is 9.59 Å². The van der Waals surface area contributed by atoms with Crippen LogP contribution in [0.15, 0.2) is 0 Å². The molecule has 6 nitrogen and oxygen atoms in total. The second-order valence-corrected chi connectivity index (χ2v) is 5.12. The fourth-order valence-electron chi connectivity index (χ4n) is 1.76. The zero-order valence-corrected chi connectivity index (χ0v) is 14.6. The molecule has 0 amide bonds. The van der Waals surface area contributed by atoms with Crippen LogP contribution in [0, 0.1) is 0 Å². The predicted molar refractivity (Wildman–Crippen MR) is 92.1 cm³/mol. The Balaban J connectivity index is -0.000000135. The summed E-state index contributed by atoms with van der Waals surface area (Å²) in [6.45, 7) is 4.30. The van der Waals surface area contributed by atoms with E-state index in [1.54, 1.807) is 0 Å². The number of carboxylic acids is 2. The van der Waals surface area contributed by atoms with Crippen LogP contribution in [0.4, 0.5) is 0 Å². The lowest BCUT2D eigenvalue weighted by atomic mass is 10.1. The van der Waals surface area contributed by atoms with E-state index in [4.69, 9.17) is 10.2 Å².